The quantitative estimate of drug-likeness (QED) is 0.600. The maximum Gasteiger partial charge on any atom is 0.328 e. The van der Waals surface area contributed by atoms with Crippen LogP contribution in [0.25, 0.3) is 0 Å². The summed E-state index contributed by atoms with van der Waals surface area (Å²) in [7, 11) is 1.31. The van der Waals surface area contributed by atoms with Crippen LogP contribution in [0.1, 0.15) is 44.2 Å². The molecule has 1 fully saturated rings. The Kier molecular flexibility index (Phi) is 8.68. The van der Waals surface area contributed by atoms with Crippen LogP contribution in [-0.4, -0.2) is 49.0 Å². The second kappa shape index (κ2) is 11.7. The molecule has 2 aromatic rings. The first-order chi connectivity index (χ1) is 16.3. The van der Waals surface area contributed by atoms with Crippen LogP contribution < -0.4 is 10.6 Å². The summed E-state index contributed by atoms with van der Waals surface area (Å²) in [6.07, 6.45) is 1.59. The van der Waals surface area contributed by atoms with E-state index in [2.05, 4.69) is 41.8 Å². The summed E-state index contributed by atoms with van der Waals surface area (Å²) in [6, 6.07) is 16.6. The summed E-state index contributed by atoms with van der Waals surface area (Å²) in [5.41, 5.74) is 3.06. The van der Waals surface area contributed by atoms with Gasteiger partial charge in [0.2, 0.25) is 5.91 Å². The van der Waals surface area contributed by atoms with Crippen molar-refractivity contribution in [2.45, 2.75) is 45.6 Å². The third-order valence-corrected chi connectivity index (χ3v) is 6.41. The highest BCUT2D eigenvalue weighted by atomic mass is 16.5. The lowest BCUT2D eigenvalue weighted by atomic mass is 9.83. The SMILES string of the molecule is CCc1ccc(C2CC(C(=O)Nc3ccccc3)CN(C(=O)N[C@H](C(=O)OC)C(C)C)C2)cc1. The predicted octanol–water partition coefficient (Wildman–Crippen LogP) is 4.20. The van der Waals surface area contributed by atoms with Gasteiger partial charge in [-0.2, -0.15) is 0 Å². The van der Waals surface area contributed by atoms with Gasteiger partial charge in [0.25, 0.3) is 0 Å². The molecular weight excluding hydrogens is 430 g/mol. The molecule has 0 aliphatic carbocycles. The van der Waals surface area contributed by atoms with Crippen LogP contribution in [0.4, 0.5) is 10.5 Å². The molecule has 182 valence electrons. The maximum atomic E-state index is 13.2. The molecule has 3 amide bonds. The second-order valence-electron chi connectivity index (χ2n) is 9.18. The first-order valence-corrected chi connectivity index (χ1v) is 11.9. The van der Waals surface area contributed by atoms with Crippen molar-refractivity contribution in [1.29, 1.82) is 0 Å². The Morgan fingerprint density at radius 3 is 2.29 bits per heavy atom. The molecular formula is C27H35N3O4. The Labute approximate surface area is 201 Å². The van der Waals surface area contributed by atoms with Crippen molar-refractivity contribution >= 4 is 23.6 Å². The Balaban J connectivity index is 1.81. The minimum absolute atomic E-state index is 0.00700. The monoisotopic (exact) mass is 465 g/mol. The number of aryl methyl sites for hydroxylation is 1. The number of rotatable bonds is 7. The predicted molar refractivity (Wildman–Crippen MR) is 132 cm³/mol. The molecule has 3 rings (SSSR count). The maximum absolute atomic E-state index is 13.2. The smallest absolute Gasteiger partial charge is 0.328 e. The molecule has 7 heteroatoms. The van der Waals surface area contributed by atoms with E-state index in [1.807, 2.05) is 44.2 Å². The average molecular weight is 466 g/mol. The molecule has 2 unspecified atom stereocenters. The normalized spacial score (nSPS) is 18.8. The van der Waals surface area contributed by atoms with Crippen molar-refractivity contribution in [1.82, 2.24) is 10.2 Å². The number of hydrogen-bond donors (Lipinski definition) is 2. The van der Waals surface area contributed by atoms with Crippen LogP contribution in [0.3, 0.4) is 0 Å². The van der Waals surface area contributed by atoms with Gasteiger partial charge in [-0.25, -0.2) is 9.59 Å². The Hall–Kier alpha value is -3.35. The van der Waals surface area contributed by atoms with Gasteiger partial charge in [-0.05, 0) is 42.0 Å². The van der Waals surface area contributed by atoms with Gasteiger partial charge in [0, 0.05) is 24.7 Å². The first-order valence-electron chi connectivity index (χ1n) is 11.9. The number of piperidine rings is 1. The van der Waals surface area contributed by atoms with Gasteiger partial charge < -0.3 is 20.3 Å². The highest BCUT2D eigenvalue weighted by Gasteiger charge is 2.36. The lowest BCUT2D eigenvalue weighted by Gasteiger charge is -2.38. The number of esters is 1. The van der Waals surface area contributed by atoms with Gasteiger partial charge in [-0.3, -0.25) is 4.79 Å². The van der Waals surface area contributed by atoms with Crippen LogP contribution in [0.15, 0.2) is 54.6 Å². The zero-order chi connectivity index (χ0) is 24.7. The molecule has 0 spiro atoms. The van der Waals surface area contributed by atoms with E-state index < -0.39 is 12.0 Å². The van der Waals surface area contributed by atoms with E-state index in [1.54, 1.807) is 4.90 Å². The van der Waals surface area contributed by atoms with Crippen molar-refractivity contribution in [3.8, 4) is 0 Å². The lowest BCUT2D eigenvalue weighted by molar-refractivity contribution is -0.144. The van der Waals surface area contributed by atoms with E-state index in [4.69, 9.17) is 4.74 Å². The van der Waals surface area contributed by atoms with Crippen LogP contribution in [0, 0.1) is 11.8 Å². The largest absolute Gasteiger partial charge is 0.467 e. The van der Waals surface area contributed by atoms with E-state index in [-0.39, 0.29) is 36.2 Å². The Morgan fingerprint density at radius 2 is 1.71 bits per heavy atom. The van der Waals surface area contributed by atoms with Crippen LogP contribution in [-0.2, 0) is 20.7 Å². The standard InChI is InChI=1S/C27H35N3O4/c1-5-19-11-13-20(14-12-19)21-15-22(25(31)28-23-9-7-6-8-10-23)17-30(16-21)27(33)29-24(18(2)3)26(32)34-4/h6-14,18,21-22,24H,5,15-17H2,1-4H3,(H,28,31)(H,29,33)/t21?,22?,24-/m0/s1. The van der Waals surface area contributed by atoms with Crippen molar-refractivity contribution in [3.05, 3.63) is 65.7 Å². The average Bonchev–Trinajstić information content (AvgIpc) is 2.86. The van der Waals surface area contributed by atoms with Crippen molar-refractivity contribution in [3.63, 3.8) is 0 Å². The number of hydrogen-bond acceptors (Lipinski definition) is 4. The molecule has 7 nitrogen and oxygen atoms in total. The van der Waals surface area contributed by atoms with Crippen LogP contribution in [0.2, 0.25) is 0 Å². The number of amides is 3. The van der Waals surface area contributed by atoms with E-state index in [0.29, 0.717) is 13.0 Å². The van der Waals surface area contributed by atoms with Gasteiger partial charge in [0.1, 0.15) is 6.04 Å². The first kappa shape index (κ1) is 25.3. The summed E-state index contributed by atoms with van der Waals surface area (Å²) in [5, 5.41) is 5.79. The van der Waals surface area contributed by atoms with Gasteiger partial charge >= 0.3 is 12.0 Å². The molecule has 0 aromatic heterocycles. The Bertz CT molecular complexity index is 975. The topological polar surface area (TPSA) is 87.7 Å². The van der Waals surface area contributed by atoms with Gasteiger partial charge in [0.15, 0.2) is 0 Å². The summed E-state index contributed by atoms with van der Waals surface area (Å²) < 4.78 is 4.86. The molecule has 1 aliphatic rings. The zero-order valence-electron chi connectivity index (χ0n) is 20.4. The van der Waals surface area contributed by atoms with Crippen molar-refractivity contribution < 1.29 is 19.1 Å². The molecule has 2 N–H and O–H groups in total. The van der Waals surface area contributed by atoms with Gasteiger partial charge in [-0.1, -0.05) is 63.2 Å². The van der Waals surface area contributed by atoms with Gasteiger partial charge in [0.05, 0.1) is 13.0 Å². The Morgan fingerprint density at radius 1 is 1.03 bits per heavy atom. The number of benzene rings is 2. The zero-order valence-corrected chi connectivity index (χ0v) is 20.4. The molecule has 1 aliphatic heterocycles. The van der Waals surface area contributed by atoms with Gasteiger partial charge in [-0.15, -0.1) is 0 Å². The fraction of sp³-hybridized carbons (Fsp3) is 0.444. The third-order valence-electron chi connectivity index (χ3n) is 6.41. The van der Waals surface area contributed by atoms with E-state index >= 15 is 0 Å². The van der Waals surface area contributed by atoms with Crippen LogP contribution in [0.5, 0.6) is 0 Å². The van der Waals surface area contributed by atoms with Crippen molar-refractivity contribution in [2.24, 2.45) is 11.8 Å². The van der Waals surface area contributed by atoms with Crippen molar-refractivity contribution in [2.75, 3.05) is 25.5 Å². The molecule has 3 atom stereocenters. The summed E-state index contributed by atoms with van der Waals surface area (Å²) in [4.78, 5) is 40.2. The molecule has 1 heterocycles. The van der Waals surface area contributed by atoms with Crippen LogP contribution >= 0.6 is 0 Å². The number of para-hydroxylation sites is 1. The third kappa shape index (κ3) is 6.37. The minimum Gasteiger partial charge on any atom is -0.467 e. The van der Waals surface area contributed by atoms with E-state index in [1.165, 1.54) is 12.7 Å². The summed E-state index contributed by atoms with van der Waals surface area (Å²) in [6.45, 7) is 6.56. The summed E-state index contributed by atoms with van der Waals surface area (Å²) >= 11 is 0. The molecule has 1 saturated heterocycles. The fourth-order valence-electron chi connectivity index (χ4n) is 4.34. The molecule has 0 radical (unpaired) electrons. The molecule has 2 aromatic carbocycles. The number of ether oxygens (including phenoxy) is 1. The number of carbonyl (C=O) groups is 3. The number of nitrogens with zero attached hydrogens (tertiary/aromatic N) is 1. The summed E-state index contributed by atoms with van der Waals surface area (Å²) in [5.74, 6) is -1.10. The number of urea groups is 1. The molecule has 0 saturated carbocycles. The second-order valence-corrected chi connectivity index (χ2v) is 9.18. The number of methoxy groups -OCH3 is 1. The highest BCUT2D eigenvalue weighted by molar-refractivity contribution is 5.93. The minimum atomic E-state index is -0.752. The van der Waals surface area contributed by atoms with E-state index in [9.17, 15) is 14.4 Å². The number of carbonyl (C=O) groups excluding carboxylic acids is 3. The number of likely N-dealkylation sites (tertiary alicyclic amines) is 1. The van der Waals surface area contributed by atoms with E-state index in [0.717, 1.165) is 17.7 Å². The molecule has 34 heavy (non-hydrogen) atoms. The lowest BCUT2D eigenvalue weighted by Crippen LogP contribution is -2.54. The fourth-order valence-corrected chi connectivity index (χ4v) is 4.34. The number of nitrogens with one attached hydrogen (secondary N) is 2. The molecule has 0 bridgehead atoms. The highest BCUT2D eigenvalue weighted by Crippen LogP contribution is 2.31. The number of anilines is 1.